The Morgan fingerprint density at radius 3 is 1.86 bits per heavy atom. The van der Waals surface area contributed by atoms with Crippen LogP contribution in [0.15, 0.2) is 71.6 Å². The summed E-state index contributed by atoms with van der Waals surface area (Å²) >= 11 is 0. The molecule has 0 saturated heterocycles. The summed E-state index contributed by atoms with van der Waals surface area (Å²) in [6.07, 6.45) is 0. The molecule has 0 amide bonds. The summed E-state index contributed by atoms with van der Waals surface area (Å²) in [6.45, 7) is 10.3. The van der Waals surface area contributed by atoms with Gasteiger partial charge < -0.3 is 5.32 Å². The number of sulfonamides is 1. The summed E-state index contributed by atoms with van der Waals surface area (Å²) in [4.78, 5) is 0.280. The molecule has 0 fully saturated rings. The molecule has 0 bridgehead atoms. The van der Waals surface area contributed by atoms with Gasteiger partial charge in [0.15, 0.2) is 0 Å². The van der Waals surface area contributed by atoms with E-state index < -0.39 is 10.0 Å². The Morgan fingerprint density at radius 2 is 1.31 bits per heavy atom. The van der Waals surface area contributed by atoms with Gasteiger partial charge in [0, 0.05) is 5.54 Å². The third-order valence-electron chi connectivity index (χ3n) is 4.90. The maximum Gasteiger partial charge on any atom is 0.241 e. The predicted molar refractivity (Wildman–Crippen MR) is 120 cm³/mol. The van der Waals surface area contributed by atoms with E-state index in [1.54, 1.807) is 24.3 Å². The van der Waals surface area contributed by atoms with Crippen molar-refractivity contribution in [2.45, 2.75) is 57.1 Å². The minimum absolute atomic E-state index is 0.135. The van der Waals surface area contributed by atoms with Gasteiger partial charge in [0.2, 0.25) is 10.0 Å². The van der Waals surface area contributed by atoms with Gasteiger partial charge in [-0.3, -0.25) is 0 Å². The van der Waals surface area contributed by atoms with Gasteiger partial charge in [0.1, 0.15) is 0 Å². The first kappa shape index (κ1) is 21.5. The molecule has 4 rings (SSSR count). The highest BCUT2D eigenvalue weighted by atomic mass is 32.2. The Labute approximate surface area is 174 Å². The Morgan fingerprint density at radius 1 is 0.759 bits per heavy atom. The van der Waals surface area contributed by atoms with Crippen molar-refractivity contribution in [2.75, 3.05) is 0 Å². The van der Waals surface area contributed by atoms with E-state index in [-0.39, 0.29) is 22.5 Å². The van der Waals surface area contributed by atoms with E-state index in [1.807, 2.05) is 38.1 Å². The summed E-state index contributed by atoms with van der Waals surface area (Å²) in [5, 5.41) is 5.89. The molecule has 0 spiro atoms. The van der Waals surface area contributed by atoms with Crippen molar-refractivity contribution >= 4 is 20.8 Å². The van der Waals surface area contributed by atoms with Crippen molar-refractivity contribution in [1.29, 1.82) is 0 Å². The zero-order valence-corrected chi connectivity index (χ0v) is 18.5. The predicted octanol–water partition coefficient (Wildman–Crippen LogP) is 5.33. The second kappa shape index (κ2) is 8.27. The Hall–Kier alpha value is -2.21. The number of rotatable bonds is 4. The minimum atomic E-state index is -3.64. The van der Waals surface area contributed by atoms with Gasteiger partial charge in [-0.1, -0.05) is 68.4 Å². The van der Waals surface area contributed by atoms with E-state index in [0.717, 1.165) is 21.9 Å². The zero-order chi connectivity index (χ0) is 21.2. The van der Waals surface area contributed by atoms with E-state index in [1.165, 1.54) is 0 Å². The van der Waals surface area contributed by atoms with Crippen molar-refractivity contribution in [1.82, 2.24) is 10.0 Å². The summed E-state index contributed by atoms with van der Waals surface area (Å²) in [5.74, 6) is 0. The molecule has 2 N–H and O–H groups in total. The average Bonchev–Trinajstić information content (AvgIpc) is 2.98. The molecule has 4 nitrogen and oxygen atoms in total. The number of hydrogen-bond acceptors (Lipinski definition) is 3. The molecule has 3 aromatic rings. The highest BCUT2D eigenvalue weighted by Crippen LogP contribution is 2.45. The normalized spacial score (nSPS) is 18.4. The lowest BCUT2D eigenvalue weighted by atomic mass is 10.0. The van der Waals surface area contributed by atoms with Crippen LogP contribution in [0.3, 0.4) is 0 Å². The first-order valence-electron chi connectivity index (χ1n) is 10.1. The molecule has 0 heterocycles. The van der Waals surface area contributed by atoms with E-state index in [9.17, 15) is 8.42 Å². The molecule has 154 valence electrons. The Balaban J connectivity index is 0.00000117. The summed E-state index contributed by atoms with van der Waals surface area (Å²) in [7, 11) is -3.64. The van der Waals surface area contributed by atoms with Crippen LogP contribution in [-0.2, 0) is 10.0 Å². The summed E-state index contributed by atoms with van der Waals surface area (Å²) < 4.78 is 29.0. The van der Waals surface area contributed by atoms with Crippen LogP contribution < -0.4 is 10.0 Å². The average molecular weight is 411 g/mol. The second-order valence-electron chi connectivity index (χ2n) is 8.08. The van der Waals surface area contributed by atoms with Gasteiger partial charge in [-0.25, -0.2) is 13.1 Å². The Bertz CT molecular complexity index is 1080. The number of benzene rings is 3. The van der Waals surface area contributed by atoms with Gasteiger partial charge in [0.25, 0.3) is 0 Å². The Kier molecular flexibility index (Phi) is 6.13. The van der Waals surface area contributed by atoms with Gasteiger partial charge >= 0.3 is 0 Å². The summed E-state index contributed by atoms with van der Waals surface area (Å²) in [5.41, 5.74) is 1.99. The van der Waals surface area contributed by atoms with Crippen LogP contribution in [-0.4, -0.2) is 14.0 Å². The molecule has 1 aliphatic carbocycles. The van der Waals surface area contributed by atoms with Gasteiger partial charge in [-0.2, -0.15) is 0 Å². The molecule has 5 heteroatoms. The highest BCUT2D eigenvalue weighted by molar-refractivity contribution is 7.89. The van der Waals surface area contributed by atoms with Crippen molar-refractivity contribution in [3.63, 3.8) is 0 Å². The van der Waals surface area contributed by atoms with Crippen molar-refractivity contribution < 1.29 is 8.42 Å². The number of hydrogen-bond donors (Lipinski definition) is 2. The van der Waals surface area contributed by atoms with E-state index >= 15 is 0 Å². The fourth-order valence-corrected chi connectivity index (χ4v) is 5.12. The van der Waals surface area contributed by atoms with Gasteiger partial charge in [-0.15, -0.1) is 0 Å². The first-order chi connectivity index (χ1) is 13.8. The van der Waals surface area contributed by atoms with Crippen LogP contribution in [0.4, 0.5) is 0 Å². The molecular formula is C24H30N2O2S. The third kappa shape index (κ3) is 4.37. The van der Waals surface area contributed by atoms with E-state index in [4.69, 9.17) is 0 Å². The van der Waals surface area contributed by atoms with Crippen molar-refractivity contribution in [3.05, 3.63) is 77.9 Å². The summed E-state index contributed by atoms with van der Waals surface area (Å²) in [6, 6.07) is 20.3. The quantitative estimate of drug-likeness (QED) is 0.611. The molecule has 3 aromatic carbocycles. The lowest BCUT2D eigenvalue weighted by molar-refractivity contribution is 0.327. The van der Waals surface area contributed by atoms with Crippen LogP contribution in [0.5, 0.6) is 0 Å². The second-order valence-corrected chi connectivity index (χ2v) is 9.79. The highest BCUT2D eigenvalue weighted by Gasteiger charge is 2.38. The molecule has 0 radical (unpaired) electrons. The molecular weight excluding hydrogens is 380 g/mol. The molecule has 2 atom stereocenters. The molecule has 0 aliphatic heterocycles. The van der Waals surface area contributed by atoms with Crippen LogP contribution in [0.25, 0.3) is 10.8 Å². The van der Waals surface area contributed by atoms with Crippen LogP contribution >= 0.6 is 0 Å². The first-order valence-corrected chi connectivity index (χ1v) is 11.6. The fraction of sp³-hybridized carbons (Fsp3) is 0.333. The zero-order valence-electron chi connectivity index (χ0n) is 17.7. The standard InChI is InChI=1S/C22H24N2O2S.C2H6/c1-22(2,3)23-20-17-13-7-9-15-10-8-14-18(19(15)17)21(20)24-27(25,26)16-11-5-4-6-12-16;1-2/h4-14,20-21,23-24H,1-3H3;1-2H3. The topological polar surface area (TPSA) is 58.2 Å². The van der Waals surface area contributed by atoms with Crippen LogP contribution in [0.1, 0.15) is 57.8 Å². The monoisotopic (exact) mass is 410 g/mol. The van der Waals surface area contributed by atoms with E-state index in [0.29, 0.717) is 0 Å². The fourth-order valence-electron chi connectivity index (χ4n) is 3.87. The molecule has 1 aliphatic rings. The lowest BCUT2D eigenvalue weighted by Crippen LogP contribution is -2.44. The van der Waals surface area contributed by atoms with Gasteiger partial charge in [-0.05, 0) is 54.8 Å². The smallest absolute Gasteiger partial charge is 0.241 e. The van der Waals surface area contributed by atoms with Crippen molar-refractivity contribution in [2.24, 2.45) is 0 Å². The minimum Gasteiger partial charge on any atom is -0.304 e. The third-order valence-corrected chi connectivity index (χ3v) is 6.35. The van der Waals surface area contributed by atoms with Crippen LogP contribution in [0, 0.1) is 0 Å². The molecule has 0 aromatic heterocycles. The maximum atomic E-state index is 13.0. The van der Waals surface area contributed by atoms with E-state index in [2.05, 4.69) is 49.0 Å². The molecule has 0 saturated carbocycles. The SMILES string of the molecule is CC.CC(C)(C)NC1c2cccc3cccc(c23)C1NS(=O)(=O)c1ccccc1. The van der Waals surface area contributed by atoms with Crippen LogP contribution in [0.2, 0.25) is 0 Å². The maximum absolute atomic E-state index is 13.0. The molecule has 2 unspecified atom stereocenters. The largest absolute Gasteiger partial charge is 0.304 e. The molecule has 29 heavy (non-hydrogen) atoms. The number of nitrogens with one attached hydrogen (secondary N) is 2. The van der Waals surface area contributed by atoms with Gasteiger partial charge in [0.05, 0.1) is 17.0 Å². The van der Waals surface area contributed by atoms with Crippen molar-refractivity contribution in [3.8, 4) is 0 Å². The lowest BCUT2D eigenvalue weighted by Gasteiger charge is -2.31.